The Bertz CT molecular complexity index is 690. The Morgan fingerprint density at radius 1 is 1.29 bits per heavy atom. The number of halogens is 3. The lowest BCUT2D eigenvalue weighted by atomic mass is 10.2. The van der Waals surface area contributed by atoms with Gasteiger partial charge in [-0.3, -0.25) is 4.79 Å². The van der Waals surface area contributed by atoms with Crippen LogP contribution in [-0.2, 0) is 14.8 Å². The van der Waals surface area contributed by atoms with Gasteiger partial charge < -0.3 is 9.64 Å². The summed E-state index contributed by atoms with van der Waals surface area (Å²) in [6.45, 7) is 1.26. The third-order valence-corrected chi connectivity index (χ3v) is 4.89. The van der Waals surface area contributed by atoms with E-state index >= 15 is 0 Å². The van der Waals surface area contributed by atoms with Gasteiger partial charge in [-0.25, -0.2) is 17.9 Å². The van der Waals surface area contributed by atoms with Gasteiger partial charge in [-0.05, 0) is 6.07 Å². The zero-order valence-electron chi connectivity index (χ0n) is 10.6. The van der Waals surface area contributed by atoms with Crippen LogP contribution >= 0.6 is 23.2 Å². The van der Waals surface area contributed by atoms with E-state index in [-0.39, 0.29) is 5.56 Å². The second kappa shape index (κ2) is 6.05. The average Bonchev–Trinajstić information content (AvgIpc) is 2.42. The molecular weight excluding hydrogens is 346 g/mol. The minimum atomic E-state index is -4.37. The van der Waals surface area contributed by atoms with Crippen molar-refractivity contribution in [3.05, 3.63) is 27.5 Å². The predicted molar refractivity (Wildman–Crippen MR) is 74.5 cm³/mol. The Kier molecular flexibility index (Phi) is 4.74. The first kappa shape index (κ1) is 16.4. The molecule has 1 aromatic carbocycles. The van der Waals surface area contributed by atoms with Crippen LogP contribution in [0.1, 0.15) is 10.4 Å². The Hall–Kier alpha value is -0.930. The molecule has 21 heavy (non-hydrogen) atoms. The molecule has 0 aromatic heterocycles. The number of sulfonamides is 1. The average molecular weight is 357 g/mol. The fraction of sp³-hybridized carbons (Fsp3) is 0.364. The second-order valence-electron chi connectivity index (χ2n) is 4.31. The van der Waals surface area contributed by atoms with Gasteiger partial charge >= 0.3 is 0 Å². The smallest absolute Gasteiger partial charge is 0.255 e. The molecule has 0 saturated carbocycles. The summed E-state index contributed by atoms with van der Waals surface area (Å²) in [5, 5.41) is 3.75. The summed E-state index contributed by atoms with van der Waals surface area (Å²) in [7, 11) is -4.37. The van der Waals surface area contributed by atoms with Gasteiger partial charge in [0.25, 0.3) is 5.91 Å². The quantitative estimate of drug-likeness (QED) is 0.807. The highest BCUT2D eigenvalue weighted by Gasteiger charge is 2.29. The first-order chi connectivity index (χ1) is 9.73. The van der Waals surface area contributed by atoms with E-state index in [4.69, 9.17) is 33.1 Å². The minimum Gasteiger partial charge on any atom is -0.378 e. The lowest BCUT2D eigenvalue weighted by molar-refractivity contribution is 0.0302. The number of ether oxygens (including phenoxy) is 1. The molecule has 2 rings (SSSR count). The van der Waals surface area contributed by atoms with E-state index in [9.17, 15) is 17.6 Å². The van der Waals surface area contributed by atoms with Crippen molar-refractivity contribution in [1.82, 2.24) is 4.90 Å². The lowest BCUT2D eigenvalue weighted by Crippen LogP contribution is -2.41. The molecule has 2 N–H and O–H groups in total. The Morgan fingerprint density at radius 2 is 1.86 bits per heavy atom. The van der Waals surface area contributed by atoms with E-state index in [0.717, 1.165) is 6.07 Å². The van der Waals surface area contributed by atoms with Gasteiger partial charge in [0.15, 0.2) is 0 Å². The number of carbonyl (C=O) groups excluding carboxylic acids is 1. The van der Waals surface area contributed by atoms with Crippen molar-refractivity contribution >= 4 is 39.1 Å². The van der Waals surface area contributed by atoms with Crippen LogP contribution in [0.4, 0.5) is 4.39 Å². The van der Waals surface area contributed by atoms with Crippen LogP contribution in [0.3, 0.4) is 0 Å². The van der Waals surface area contributed by atoms with Gasteiger partial charge in [0.05, 0.1) is 28.8 Å². The zero-order valence-corrected chi connectivity index (χ0v) is 12.9. The Morgan fingerprint density at radius 3 is 2.38 bits per heavy atom. The van der Waals surface area contributed by atoms with E-state index in [2.05, 4.69) is 0 Å². The standard InChI is InChI=1S/C11H11Cl2FN2O4S/c12-8-6(11(17)16-1-3-20-4-2-16)5-7(14)9(13)10(8)21(15,18)19/h5H,1-4H2,(H2,15,18,19). The molecule has 1 heterocycles. The van der Waals surface area contributed by atoms with E-state index < -0.39 is 36.7 Å². The molecule has 1 aliphatic rings. The molecule has 0 aliphatic carbocycles. The van der Waals surface area contributed by atoms with Crippen molar-refractivity contribution < 1.29 is 22.3 Å². The highest BCUT2D eigenvalue weighted by Crippen LogP contribution is 2.34. The predicted octanol–water partition coefficient (Wildman–Crippen LogP) is 1.25. The molecule has 1 amide bonds. The maximum atomic E-state index is 13.8. The number of primary sulfonamides is 1. The maximum Gasteiger partial charge on any atom is 0.255 e. The number of hydrogen-bond donors (Lipinski definition) is 1. The van der Waals surface area contributed by atoms with Crippen molar-refractivity contribution in [3.8, 4) is 0 Å². The van der Waals surface area contributed by atoms with Crippen molar-refractivity contribution in [3.63, 3.8) is 0 Å². The molecule has 116 valence electrons. The van der Waals surface area contributed by atoms with Crippen molar-refractivity contribution in [2.75, 3.05) is 26.3 Å². The minimum absolute atomic E-state index is 0.296. The summed E-state index contributed by atoms with van der Waals surface area (Å²) >= 11 is 11.5. The number of morpholine rings is 1. The normalized spacial score (nSPS) is 16.1. The van der Waals surface area contributed by atoms with Gasteiger partial charge in [0.2, 0.25) is 10.0 Å². The lowest BCUT2D eigenvalue weighted by Gasteiger charge is -2.27. The molecule has 1 aliphatic heterocycles. The molecular formula is C11H11Cl2FN2O4S. The number of hydrogen-bond acceptors (Lipinski definition) is 4. The van der Waals surface area contributed by atoms with Gasteiger partial charge in [-0.1, -0.05) is 23.2 Å². The number of amides is 1. The highest BCUT2D eigenvalue weighted by atomic mass is 35.5. The van der Waals surface area contributed by atoms with Gasteiger partial charge in [0.1, 0.15) is 10.7 Å². The third-order valence-electron chi connectivity index (χ3n) is 2.93. The molecule has 0 bridgehead atoms. The number of carbonyl (C=O) groups is 1. The number of nitrogens with zero attached hydrogens (tertiary/aromatic N) is 1. The Labute approximate surface area is 130 Å². The number of benzene rings is 1. The van der Waals surface area contributed by atoms with Gasteiger partial charge in [-0.2, -0.15) is 0 Å². The van der Waals surface area contributed by atoms with Gasteiger partial charge in [0, 0.05) is 13.1 Å². The summed E-state index contributed by atoms with van der Waals surface area (Å²) in [5.41, 5.74) is -0.301. The zero-order chi connectivity index (χ0) is 15.8. The van der Waals surface area contributed by atoms with Crippen molar-refractivity contribution in [2.45, 2.75) is 4.90 Å². The topological polar surface area (TPSA) is 89.7 Å². The van der Waals surface area contributed by atoms with Crippen molar-refractivity contribution in [2.24, 2.45) is 5.14 Å². The molecule has 0 unspecified atom stereocenters. The van der Waals surface area contributed by atoms with Crippen LogP contribution in [0.15, 0.2) is 11.0 Å². The largest absolute Gasteiger partial charge is 0.378 e. The molecule has 0 atom stereocenters. The van der Waals surface area contributed by atoms with E-state index in [0.29, 0.717) is 26.3 Å². The van der Waals surface area contributed by atoms with Crippen LogP contribution in [0.5, 0.6) is 0 Å². The van der Waals surface area contributed by atoms with Crippen LogP contribution in [-0.4, -0.2) is 45.5 Å². The monoisotopic (exact) mass is 356 g/mol. The fourth-order valence-electron chi connectivity index (χ4n) is 1.92. The third kappa shape index (κ3) is 3.29. The second-order valence-corrected chi connectivity index (χ2v) is 6.57. The van der Waals surface area contributed by atoms with Crippen LogP contribution in [0, 0.1) is 5.82 Å². The van der Waals surface area contributed by atoms with E-state index in [1.54, 1.807) is 0 Å². The Balaban J connectivity index is 2.55. The fourth-order valence-corrected chi connectivity index (χ4v) is 3.70. The number of rotatable bonds is 2. The summed E-state index contributed by atoms with van der Waals surface area (Å²) in [6, 6.07) is 0.803. The van der Waals surface area contributed by atoms with Crippen molar-refractivity contribution in [1.29, 1.82) is 0 Å². The molecule has 1 fully saturated rings. The highest BCUT2D eigenvalue weighted by molar-refractivity contribution is 7.89. The van der Waals surface area contributed by atoms with Crippen LogP contribution in [0.2, 0.25) is 10.0 Å². The van der Waals surface area contributed by atoms with E-state index in [1.807, 2.05) is 0 Å². The van der Waals surface area contributed by atoms with Gasteiger partial charge in [-0.15, -0.1) is 0 Å². The summed E-state index contributed by atoms with van der Waals surface area (Å²) in [6.07, 6.45) is 0. The summed E-state index contributed by atoms with van der Waals surface area (Å²) in [5.74, 6) is -1.69. The molecule has 0 spiro atoms. The van der Waals surface area contributed by atoms with Crippen LogP contribution in [0.25, 0.3) is 0 Å². The molecule has 6 nitrogen and oxygen atoms in total. The molecule has 0 radical (unpaired) electrons. The first-order valence-electron chi connectivity index (χ1n) is 5.80. The SMILES string of the molecule is NS(=O)(=O)c1c(Cl)c(F)cc(C(=O)N2CCOCC2)c1Cl. The van der Waals surface area contributed by atoms with E-state index in [1.165, 1.54) is 4.90 Å². The summed E-state index contributed by atoms with van der Waals surface area (Å²) in [4.78, 5) is 12.9. The molecule has 1 aromatic rings. The maximum absolute atomic E-state index is 13.8. The van der Waals surface area contributed by atoms with Crippen LogP contribution < -0.4 is 5.14 Å². The first-order valence-corrected chi connectivity index (χ1v) is 8.11. The molecule has 10 heteroatoms. The summed E-state index contributed by atoms with van der Waals surface area (Å²) < 4.78 is 41.8. The number of nitrogens with two attached hydrogens (primary N) is 1. The molecule has 1 saturated heterocycles.